The van der Waals surface area contributed by atoms with Gasteiger partial charge in [-0.15, -0.1) is 12.4 Å². The van der Waals surface area contributed by atoms with E-state index in [0.717, 1.165) is 12.8 Å². The number of halogens is 2. The van der Waals surface area contributed by atoms with Gasteiger partial charge in [0, 0.05) is 25.1 Å². The van der Waals surface area contributed by atoms with Gasteiger partial charge in [0.15, 0.2) is 0 Å². The number of amides is 1. The zero-order valence-corrected chi connectivity index (χ0v) is 12.8. The molecule has 1 aromatic carbocycles. The van der Waals surface area contributed by atoms with Crippen molar-refractivity contribution >= 4 is 18.3 Å². The van der Waals surface area contributed by atoms with Crippen LogP contribution in [0, 0.1) is 5.82 Å². The maximum absolute atomic E-state index is 13.6. The van der Waals surface area contributed by atoms with Crippen LogP contribution in [0.4, 0.5) is 4.39 Å². The number of hydrogen-bond acceptors (Lipinski definition) is 2. The van der Waals surface area contributed by atoms with Gasteiger partial charge in [0.05, 0.1) is 0 Å². The van der Waals surface area contributed by atoms with Crippen molar-refractivity contribution in [2.75, 3.05) is 13.1 Å². The van der Waals surface area contributed by atoms with E-state index >= 15 is 0 Å². The number of carbonyl (C=O) groups is 1. The van der Waals surface area contributed by atoms with Crippen LogP contribution in [0.5, 0.6) is 0 Å². The van der Waals surface area contributed by atoms with Crippen molar-refractivity contribution in [3.63, 3.8) is 0 Å². The van der Waals surface area contributed by atoms with Crippen molar-refractivity contribution in [3.8, 4) is 0 Å². The first-order chi connectivity index (χ1) is 9.19. The van der Waals surface area contributed by atoms with Crippen LogP contribution in [0.3, 0.4) is 0 Å². The Kier molecular flexibility index (Phi) is 10.0. The lowest BCUT2D eigenvalue weighted by molar-refractivity contribution is -0.132. The summed E-state index contributed by atoms with van der Waals surface area (Å²) in [6, 6.07) is 6.61. The molecule has 114 valence electrons. The molecule has 0 saturated heterocycles. The predicted molar refractivity (Wildman–Crippen MR) is 82.3 cm³/mol. The molecule has 0 unspecified atom stereocenters. The summed E-state index contributed by atoms with van der Waals surface area (Å²) in [6.45, 7) is 3.60. The van der Waals surface area contributed by atoms with E-state index in [4.69, 9.17) is 5.73 Å². The van der Waals surface area contributed by atoms with E-state index in [9.17, 15) is 9.18 Å². The second-order valence-electron chi connectivity index (χ2n) is 4.65. The first-order valence-corrected chi connectivity index (χ1v) is 6.90. The monoisotopic (exact) mass is 302 g/mol. The lowest BCUT2D eigenvalue weighted by atomic mass is 10.1. The third-order valence-corrected chi connectivity index (χ3v) is 3.05. The van der Waals surface area contributed by atoms with Gasteiger partial charge in [-0.05, 0) is 25.5 Å². The fraction of sp³-hybridized carbons (Fsp3) is 0.533. The van der Waals surface area contributed by atoms with E-state index in [2.05, 4.69) is 6.92 Å². The van der Waals surface area contributed by atoms with Crippen molar-refractivity contribution in [3.05, 3.63) is 35.6 Å². The first kappa shape index (κ1) is 18.9. The highest BCUT2D eigenvalue weighted by Gasteiger charge is 2.14. The molecule has 0 aromatic heterocycles. The van der Waals surface area contributed by atoms with Crippen molar-refractivity contribution in [2.45, 2.75) is 39.2 Å². The molecule has 0 radical (unpaired) electrons. The molecule has 1 aromatic rings. The number of hydrogen-bond donors (Lipinski definition) is 1. The van der Waals surface area contributed by atoms with Gasteiger partial charge < -0.3 is 10.6 Å². The smallest absolute Gasteiger partial charge is 0.222 e. The van der Waals surface area contributed by atoms with E-state index in [1.54, 1.807) is 23.1 Å². The summed E-state index contributed by atoms with van der Waals surface area (Å²) >= 11 is 0. The van der Waals surface area contributed by atoms with Gasteiger partial charge in [-0.25, -0.2) is 4.39 Å². The summed E-state index contributed by atoms with van der Waals surface area (Å²) in [5.74, 6) is -0.197. The number of unbranched alkanes of at least 4 members (excludes halogenated alkanes) is 1. The molecule has 1 amide bonds. The molecule has 0 aliphatic heterocycles. The van der Waals surface area contributed by atoms with Crippen LogP contribution in [0.1, 0.15) is 38.2 Å². The van der Waals surface area contributed by atoms with Gasteiger partial charge in [0.1, 0.15) is 5.82 Å². The summed E-state index contributed by atoms with van der Waals surface area (Å²) in [5.41, 5.74) is 5.99. The molecule has 0 atom stereocenters. The van der Waals surface area contributed by atoms with Crippen molar-refractivity contribution in [1.29, 1.82) is 0 Å². The van der Waals surface area contributed by atoms with Gasteiger partial charge >= 0.3 is 0 Å². The predicted octanol–water partition coefficient (Wildman–Crippen LogP) is 3.12. The highest BCUT2D eigenvalue weighted by molar-refractivity contribution is 5.85. The Labute approximate surface area is 126 Å². The Hall–Kier alpha value is -1.13. The molecule has 1 rings (SSSR count). The largest absolute Gasteiger partial charge is 0.338 e. The van der Waals surface area contributed by atoms with E-state index < -0.39 is 0 Å². The molecule has 0 fully saturated rings. The van der Waals surface area contributed by atoms with E-state index in [0.29, 0.717) is 38.0 Å². The van der Waals surface area contributed by atoms with Crippen LogP contribution in [0.15, 0.2) is 24.3 Å². The summed E-state index contributed by atoms with van der Waals surface area (Å²) < 4.78 is 13.6. The van der Waals surface area contributed by atoms with Crippen molar-refractivity contribution in [2.24, 2.45) is 5.73 Å². The maximum Gasteiger partial charge on any atom is 0.222 e. The van der Waals surface area contributed by atoms with Crippen LogP contribution in [-0.2, 0) is 11.3 Å². The summed E-state index contributed by atoms with van der Waals surface area (Å²) in [7, 11) is 0. The third kappa shape index (κ3) is 6.35. The lowest BCUT2D eigenvalue weighted by Gasteiger charge is -2.23. The van der Waals surface area contributed by atoms with Gasteiger partial charge in [-0.2, -0.15) is 0 Å². The minimum Gasteiger partial charge on any atom is -0.338 e. The number of benzene rings is 1. The quantitative estimate of drug-likeness (QED) is 0.802. The Balaban J connectivity index is 0.00000361. The molecule has 0 aliphatic carbocycles. The van der Waals surface area contributed by atoms with Crippen LogP contribution in [-0.4, -0.2) is 23.9 Å². The summed E-state index contributed by atoms with van der Waals surface area (Å²) in [5, 5.41) is 0. The second kappa shape index (κ2) is 10.6. The number of carbonyl (C=O) groups excluding carboxylic acids is 1. The molecule has 0 aliphatic rings. The number of nitrogens with zero attached hydrogens (tertiary/aromatic N) is 1. The van der Waals surface area contributed by atoms with Gasteiger partial charge in [0.25, 0.3) is 0 Å². The fourth-order valence-electron chi connectivity index (χ4n) is 1.88. The van der Waals surface area contributed by atoms with Crippen LogP contribution in [0.2, 0.25) is 0 Å². The van der Waals surface area contributed by atoms with Gasteiger partial charge in [-0.1, -0.05) is 31.5 Å². The molecule has 0 spiro atoms. The highest BCUT2D eigenvalue weighted by atomic mass is 35.5. The molecule has 0 bridgehead atoms. The molecular weight excluding hydrogens is 279 g/mol. The third-order valence-electron chi connectivity index (χ3n) is 3.05. The van der Waals surface area contributed by atoms with Crippen molar-refractivity contribution in [1.82, 2.24) is 4.90 Å². The lowest BCUT2D eigenvalue weighted by Crippen LogP contribution is -2.32. The Morgan fingerprint density at radius 2 is 2.00 bits per heavy atom. The standard InChI is InChI=1S/C15H23FN2O.ClH/c1-2-3-11-18(15(19)9-6-10-17)12-13-7-4-5-8-14(13)16;/h4-5,7-8H,2-3,6,9-12,17H2,1H3;1H. The SMILES string of the molecule is CCCCN(Cc1ccccc1F)C(=O)CCCN.Cl. The molecule has 0 saturated carbocycles. The van der Waals surface area contributed by atoms with Crippen LogP contribution in [0.25, 0.3) is 0 Å². The minimum atomic E-state index is -0.254. The van der Waals surface area contributed by atoms with Gasteiger partial charge in [-0.3, -0.25) is 4.79 Å². The van der Waals surface area contributed by atoms with Crippen molar-refractivity contribution < 1.29 is 9.18 Å². The number of nitrogens with two attached hydrogens (primary N) is 1. The fourth-order valence-corrected chi connectivity index (χ4v) is 1.88. The summed E-state index contributed by atoms with van der Waals surface area (Å²) in [4.78, 5) is 13.8. The normalized spacial score (nSPS) is 9.95. The van der Waals surface area contributed by atoms with Gasteiger partial charge in [0.2, 0.25) is 5.91 Å². The Morgan fingerprint density at radius 1 is 1.30 bits per heavy atom. The molecule has 3 nitrogen and oxygen atoms in total. The van der Waals surface area contributed by atoms with E-state index in [1.165, 1.54) is 6.07 Å². The van der Waals surface area contributed by atoms with E-state index in [-0.39, 0.29) is 24.1 Å². The average Bonchev–Trinajstić information content (AvgIpc) is 2.42. The second-order valence-corrected chi connectivity index (χ2v) is 4.65. The molecule has 2 N–H and O–H groups in total. The maximum atomic E-state index is 13.6. The van der Waals surface area contributed by atoms with Crippen LogP contribution >= 0.6 is 12.4 Å². The summed E-state index contributed by atoms with van der Waals surface area (Å²) in [6.07, 6.45) is 3.06. The molecule has 5 heteroatoms. The molecular formula is C15H24ClFN2O. The zero-order valence-electron chi connectivity index (χ0n) is 12.0. The van der Waals surface area contributed by atoms with E-state index in [1.807, 2.05) is 0 Å². The van der Waals surface area contributed by atoms with Crippen LogP contribution < -0.4 is 5.73 Å². The Morgan fingerprint density at radius 3 is 2.60 bits per heavy atom. The molecule has 0 heterocycles. The first-order valence-electron chi connectivity index (χ1n) is 6.90. The minimum absolute atomic E-state index is 0. The topological polar surface area (TPSA) is 46.3 Å². The zero-order chi connectivity index (χ0) is 14.1. The highest BCUT2D eigenvalue weighted by Crippen LogP contribution is 2.12. The Bertz CT molecular complexity index is 401. The number of rotatable bonds is 8. The average molecular weight is 303 g/mol. The molecule has 20 heavy (non-hydrogen) atoms.